The second-order valence-electron chi connectivity index (χ2n) is 4.47. The third-order valence-corrected chi connectivity index (χ3v) is 2.95. The largest absolute Gasteiger partial charge is 0.353 e. The Balaban J connectivity index is 2.49. The molecule has 0 saturated heterocycles. The van der Waals surface area contributed by atoms with Crippen LogP contribution in [0, 0.1) is 6.92 Å². The summed E-state index contributed by atoms with van der Waals surface area (Å²) in [5, 5.41) is 4.52. The van der Waals surface area contributed by atoms with Crippen molar-refractivity contribution >= 4 is 29.2 Å². The molecular formula is C13H15Cl2N3. The minimum atomic E-state index is 0.302. The zero-order chi connectivity index (χ0) is 13.3. The quantitative estimate of drug-likeness (QED) is 0.910. The van der Waals surface area contributed by atoms with Crippen LogP contribution in [0.2, 0.25) is 10.0 Å². The van der Waals surface area contributed by atoms with Crippen LogP contribution in [0.1, 0.15) is 19.5 Å². The Kier molecular flexibility index (Phi) is 3.83. The number of rotatable bonds is 3. The van der Waals surface area contributed by atoms with E-state index in [1.54, 1.807) is 6.07 Å². The van der Waals surface area contributed by atoms with Crippen LogP contribution in [-0.2, 0) is 0 Å². The van der Waals surface area contributed by atoms with Gasteiger partial charge in [0.15, 0.2) is 0 Å². The van der Waals surface area contributed by atoms with E-state index in [4.69, 9.17) is 23.2 Å². The number of imidazole rings is 1. The van der Waals surface area contributed by atoms with Gasteiger partial charge in [-0.15, -0.1) is 0 Å². The van der Waals surface area contributed by atoms with Gasteiger partial charge in [0.1, 0.15) is 0 Å². The van der Waals surface area contributed by atoms with Crippen LogP contribution >= 0.6 is 23.2 Å². The van der Waals surface area contributed by atoms with E-state index in [1.807, 2.05) is 29.8 Å². The van der Waals surface area contributed by atoms with Crippen molar-refractivity contribution in [2.24, 2.45) is 0 Å². The average molecular weight is 284 g/mol. The van der Waals surface area contributed by atoms with E-state index < -0.39 is 0 Å². The molecule has 0 aliphatic carbocycles. The molecule has 0 spiro atoms. The van der Waals surface area contributed by atoms with Crippen LogP contribution in [0.4, 0.5) is 5.95 Å². The van der Waals surface area contributed by atoms with E-state index in [-0.39, 0.29) is 0 Å². The summed E-state index contributed by atoms with van der Waals surface area (Å²) in [5.74, 6) is 0.784. The van der Waals surface area contributed by atoms with Gasteiger partial charge in [-0.1, -0.05) is 23.2 Å². The predicted molar refractivity (Wildman–Crippen MR) is 77.1 cm³/mol. The Morgan fingerprint density at radius 3 is 2.61 bits per heavy atom. The van der Waals surface area contributed by atoms with Crippen molar-refractivity contribution in [3.63, 3.8) is 0 Å². The predicted octanol–water partition coefficient (Wildman–Crippen LogP) is 4.31. The number of nitrogens with zero attached hydrogens (tertiary/aromatic N) is 2. The van der Waals surface area contributed by atoms with Crippen LogP contribution in [-0.4, -0.2) is 15.6 Å². The van der Waals surface area contributed by atoms with Crippen molar-refractivity contribution in [3.8, 4) is 5.69 Å². The summed E-state index contributed by atoms with van der Waals surface area (Å²) in [5.41, 5.74) is 1.80. The minimum absolute atomic E-state index is 0.302. The summed E-state index contributed by atoms with van der Waals surface area (Å²) in [4.78, 5) is 4.45. The molecule has 0 radical (unpaired) electrons. The molecule has 0 amide bonds. The van der Waals surface area contributed by atoms with E-state index in [9.17, 15) is 0 Å². The first-order valence-corrected chi connectivity index (χ1v) is 6.51. The van der Waals surface area contributed by atoms with Crippen LogP contribution in [0.25, 0.3) is 5.69 Å². The standard InChI is InChI=1S/C13H15Cl2N3/c1-8(2)16-13-17-9(3)7-18(13)12-5-4-10(14)6-11(12)15/h4-8H,1-3H3,(H,16,17). The zero-order valence-electron chi connectivity index (χ0n) is 10.5. The highest BCUT2D eigenvalue weighted by Crippen LogP contribution is 2.27. The molecule has 1 N–H and O–H groups in total. The third-order valence-electron chi connectivity index (χ3n) is 2.41. The van der Waals surface area contributed by atoms with Crippen LogP contribution in [0.15, 0.2) is 24.4 Å². The Bertz CT molecular complexity index is 561. The lowest BCUT2D eigenvalue weighted by molar-refractivity contribution is 0.864. The molecule has 0 aliphatic rings. The lowest BCUT2D eigenvalue weighted by Crippen LogP contribution is -2.14. The summed E-state index contributed by atoms with van der Waals surface area (Å²) in [7, 11) is 0. The van der Waals surface area contributed by atoms with E-state index in [0.717, 1.165) is 17.3 Å². The monoisotopic (exact) mass is 283 g/mol. The van der Waals surface area contributed by atoms with Crippen LogP contribution in [0.3, 0.4) is 0 Å². The van der Waals surface area contributed by atoms with Crippen LogP contribution < -0.4 is 5.32 Å². The fourth-order valence-corrected chi connectivity index (χ4v) is 2.22. The lowest BCUT2D eigenvalue weighted by atomic mass is 10.3. The maximum absolute atomic E-state index is 6.22. The first-order chi connectivity index (χ1) is 8.47. The highest BCUT2D eigenvalue weighted by Gasteiger charge is 2.11. The SMILES string of the molecule is Cc1cn(-c2ccc(Cl)cc2Cl)c(NC(C)C)n1. The van der Waals surface area contributed by atoms with Crippen molar-refractivity contribution in [2.45, 2.75) is 26.8 Å². The molecule has 0 saturated carbocycles. The molecule has 5 heteroatoms. The van der Waals surface area contributed by atoms with Crippen molar-refractivity contribution in [1.29, 1.82) is 0 Å². The number of nitrogens with one attached hydrogen (secondary N) is 1. The molecule has 1 heterocycles. The molecule has 2 rings (SSSR count). The fraction of sp³-hybridized carbons (Fsp3) is 0.308. The topological polar surface area (TPSA) is 29.9 Å². The number of aromatic nitrogens is 2. The fourth-order valence-electron chi connectivity index (χ4n) is 1.72. The van der Waals surface area contributed by atoms with Crippen molar-refractivity contribution in [1.82, 2.24) is 9.55 Å². The van der Waals surface area contributed by atoms with Gasteiger partial charge in [-0.2, -0.15) is 0 Å². The number of anilines is 1. The Hall–Kier alpha value is -1.19. The normalized spacial score (nSPS) is 11.0. The maximum Gasteiger partial charge on any atom is 0.207 e. The molecule has 96 valence electrons. The highest BCUT2D eigenvalue weighted by molar-refractivity contribution is 6.35. The van der Waals surface area contributed by atoms with Gasteiger partial charge in [-0.3, -0.25) is 4.57 Å². The molecule has 18 heavy (non-hydrogen) atoms. The van der Waals surface area contributed by atoms with E-state index in [0.29, 0.717) is 16.1 Å². The molecule has 0 atom stereocenters. The van der Waals surface area contributed by atoms with Crippen molar-refractivity contribution in [3.05, 3.63) is 40.1 Å². The van der Waals surface area contributed by atoms with Gasteiger partial charge in [0.2, 0.25) is 5.95 Å². The lowest BCUT2D eigenvalue weighted by Gasteiger charge is -2.13. The number of halogens is 2. The van der Waals surface area contributed by atoms with Gasteiger partial charge >= 0.3 is 0 Å². The molecule has 0 bridgehead atoms. The second kappa shape index (κ2) is 5.21. The second-order valence-corrected chi connectivity index (χ2v) is 5.31. The van der Waals surface area contributed by atoms with Gasteiger partial charge in [0.25, 0.3) is 0 Å². The number of hydrogen-bond donors (Lipinski definition) is 1. The highest BCUT2D eigenvalue weighted by atomic mass is 35.5. The van der Waals surface area contributed by atoms with Gasteiger partial charge in [-0.25, -0.2) is 4.98 Å². The van der Waals surface area contributed by atoms with E-state index >= 15 is 0 Å². The number of hydrogen-bond acceptors (Lipinski definition) is 2. The van der Waals surface area contributed by atoms with Gasteiger partial charge in [0.05, 0.1) is 16.4 Å². The average Bonchev–Trinajstić information content (AvgIpc) is 2.58. The maximum atomic E-state index is 6.22. The van der Waals surface area contributed by atoms with E-state index in [1.165, 1.54) is 0 Å². The van der Waals surface area contributed by atoms with Gasteiger partial charge in [0, 0.05) is 17.3 Å². The van der Waals surface area contributed by atoms with Crippen molar-refractivity contribution < 1.29 is 0 Å². The molecule has 0 fully saturated rings. The Morgan fingerprint density at radius 1 is 1.28 bits per heavy atom. The molecule has 2 aromatic rings. The van der Waals surface area contributed by atoms with Gasteiger partial charge in [-0.05, 0) is 39.0 Å². The molecular weight excluding hydrogens is 269 g/mol. The molecule has 0 unspecified atom stereocenters. The Labute approximate surface area is 117 Å². The van der Waals surface area contributed by atoms with Gasteiger partial charge < -0.3 is 5.32 Å². The summed E-state index contributed by atoms with van der Waals surface area (Å²) < 4.78 is 1.94. The number of aryl methyl sites for hydroxylation is 1. The number of benzene rings is 1. The third kappa shape index (κ3) is 2.79. The van der Waals surface area contributed by atoms with Crippen LogP contribution in [0.5, 0.6) is 0 Å². The first kappa shape index (κ1) is 13.2. The first-order valence-electron chi connectivity index (χ1n) is 5.75. The zero-order valence-corrected chi connectivity index (χ0v) is 12.0. The molecule has 1 aromatic carbocycles. The van der Waals surface area contributed by atoms with E-state index in [2.05, 4.69) is 24.1 Å². The smallest absolute Gasteiger partial charge is 0.207 e. The summed E-state index contributed by atoms with van der Waals surface area (Å²) in [6.07, 6.45) is 1.94. The van der Waals surface area contributed by atoms with Crippen molar-refractivity contribution in [2.75, 3.05) is 5.32 Å². The Morgan fingerprint density at radius 2 is 2.00 bits per heavy atom. The summed E-state index contributed by atoms with van der Waals surface area (Å²) in [6, 6.07) is 5.73. The summed E-state index contributed by atoms with van der Waals surface area (Å²) >= 11 is 12.1. The molecule has 1 aromatic heterocycles. The molecule has 0 aliphatic heterocycles. The summed E-state index contributed by atoms with van der Waals surface area (Å²) in [6.45, 7) is 6.08. The minimum Gasteiger partial charge on any atom is -0.353 e. The molecule has 3 nitrogen and oxygen atoms in total.